The van der Waals surface area contributed by atoms with E-state index in [1.807, 2.05) is 4.90 Å². The second-order valence-electron chi connectivity index (χ2n) is 4.96. The maximum Gasteiger partial charge on any atom is 0.303 e. The first-order valence-corrected chi connectivity index (χ1v) is 6.57. The Bertz CT molecular complexity index is 278. The number of hydrogen-bond acceptors (Lipinski definition) is 2. The van der Waals surface area contributed by atoms with Crippen LogP contribution in [0.5, 0.6) is 0 Å². The number of carbonyl (C=O) groups is 2. The molecule has 4 nitrogen and oxygen atoms in total. The van der Waals surface area contributed by atoms with Gasteiger partial charge in [-0.15, -0.1) is 0 Å². The predicted octanol–water partition coefficient (Wildman–Crippen LogP) is 2.28. The number of rotatable bonds is 6. The van der Waals surface area contributed by atoms with Crippen LogP contribution in [-0.2, 0) is 9.59 Å². The van der Waals surface area contributed by atoms with E-state index in [9.17, 15) is 9.59 Å². The van der Waals surface area contributed by atoms with Crippen LogP contribution in [0.4, 0.5) is 0 Å². The van der Waals surface area contributed by atoms with E-state index in [1.165, 1.54) is 0 Å². The fourth-order valence-corrected chi connectivity index (χ4v) is 2.70. The molecular weight excluding hydrogens is 218 g/mol. The quantitative estimate of drug-likeness (QED) is 0.776. The standard InChI is InChI=1S/C13H23NO3/c1-3-5-10(2)11-6-4-9-14(11)12(15)7-8-13(16)17/h10-11H,3-9H2,1-2H3,(H,16,17). The molecule has 0 saturated carbocycles. The first-order valence-electron chi connectivity index (χ1n) is 6.57. The Morgan fingerprint density at radius 1 is 1.41 bits per heavy atom. The van der Waals surface area contributed by atoms with Gasteiger partial charge in [-0.2, -0.15) is 0 Å². The van der Waals surface area contributed by atoms with E-state index < -0.39 is 5.97 Å². The number of carboxylic acids is 1. The largest absolute Gasteiger partial charge is 0.481 e. The Hall–Kier alpha value is -1.06. The molecule has 1 saturated heterocycles. The highest BCUT2D eigenvalue weighted by Crippen LogP contribution is 2.27. The molecule has 1 aliphatic heterocycles. The van der Waals surface area contributed by atoms with Gasteiger partial charge in [0.05, 0.1) is 6.42 Å². The zero-order valence-electron chi connectivity index (χ0n) is 10.8. The number of aliphatic carboxylic acids is 1. The summed E-state index contributed by atoms with van der Waals surface area (Å²) in [6.07, 6.45) is 4.48. The predicted molar refractivity (Wildman–Crippen MR) is 65.7 cm³/mol. The van der Waals surface area contributed by atoms with Crippen LogP contribution in [0.2, 0.25) is 0 Å². The lowest BCUT2D eigenvalue weighted by molar-refractivity contribution is -0.141. The van der Waals surface area contributed by atoms with E-state index in [-0.39, 0.29) is 18.7 Å². The highest BCUT2D eigenvalue weighted by molar-refractivity contribution is 5.81. The lowest BCUT2D eigenvalue weighted by Crippen LogP contribution is -2.39. The molecule has 0 aliphatic carbocycles. The molecule has 0 aromatic rings. The van der Waals surface area contributed by atoms with Crippen LogP contribution in [-0.4, -0.2) is 34.5 Å². The van der Waals surface area contributed by atoms with Crippen LogP contribution in [0.3, 0.4) is 0 Å². The Kier molecular flexibility index (Phi) is 5.45. The van der Waals surface area contributed by atoms with E-state index in [0.29, 0.717) is 12.0 Å². The van der Waals surface area contributed by atoms with E-state index in [0.717, 1.165) is 32.2 Å². The van der Waals surface area contributed by atoms with Crippen molar-refractivity contribution in [3.05, 3.63) is 0 Å². The molecule has 0 radical (unpaired) electrons. The third-order valence-electron chi connectivity index (χ3n) is 3.57. The van der Waals surface area contributed by atoms with Crippen molar-refractivity contribution in [3.63, 3.8) is 0 Å². The summed E-state index contributed by atoms with van der Waals surface area (Å²) in [5.41, 5.74) is 0. The minimum Gasteiger partial charge on any atom is -0.481 e. The minimum absolute atomic E-state index is 0.0119. The van der Waals surface area contributed by atoms with Gasteiger partial charge in [0.2, 0.25) is 5.91 Å². The van der Waals surface area contributed by atoms with Crippen LogP contribution in [0, 0.1) is 5.92 Å². The summed E-state index contributed by atoms with van der Waals surface area (Å²) in [5.74, 6) is -0.357. The topological polar surface area (TPSA) is 57.6 Å². The summed E-state index contributed by atoms with van der Waals surface area (Å²) in [7, 11) is 0. The Morgan fingerprint density at radius 3 is 2.71 bits per heavy atom. The number of carbonyl (C=O) groups excluding carboxylic acids is 1. The van der Waals surface area contributed by atoms with E-state index in [2.05, 4.69) is 13.8 Å². The molecule has 2 atom stereocenters. The number of likely N-dealkylation sites (tertiary alicyclic amines) is 1. The van der Waals surface area contributed by atoms with Crippen molar-refractivity contribution in [1.82, 2.24) is 4.90 Å². The van der Waals surface area contributed by atoms with Crippen molar-refractivity contribution in [3.8, 4) is 0 Å². The average molecular weight is 241 g/mol. The van der Waals surface area contributed by atoms with Crippen molar-refractivity contribution in [2.75, 3.05) is 6.54 Å². The SMILES string of the molecule is CCCC(C)C1CCCN1C(=O)CCC(=O)O. The number of carboxylic acid groups (broad SMARTS) is 1. The monoisotopic (exact) mass is 241 g/mol. The molecular formula is C13H23NO3. The molecule has 0 aromatic carbocycles. The van der Waals surface area contributed by atoms with E-state index in [4.69, 9.17) is 5.11 Å². The zero-order chi connectivity index (χ0) is 12.8. The normalized spacial score (nSPS) is 21.5. The zero-order valence-corrected chi connectivity index (χ0v) is 10.8. The Labute approximate surface area is 103 Å². The van der Waals surface area contributed by atoms with Crippen LogP contribution in [0.15, 0.2) is 0 Å². The molecule has 1 rings (SSSR count). The average Bonchev–Trinajstić information content (AvgIpc) is 2.75. The highest BCUT2D eigenvalue weighted by atomic mass is 16.4. The molecule has 2 unspecified atom stereocenters. The van der Waals surface area contributed by atoms with Gasteiger partial charge in [0.15, 0.2) is 0 Å². The summed E-state index contributed by atoms with van der Waals surface area (Å²) in [4.78, 5) is 24.3. The second-order valence-corrected chi connectivity index (χ2v) is 4.96. The van der Waals surface area contributed by atoms with Gasteiger partial charge in [-0.05, 0) is 25.2 Å². The van der Waals surface area contributed by atoms with E-state index >= 15 is 0 Å². The summed E-state index contributed by atoms with van der Waals surface area (Å²) < 4.78 is 0. The Balaban J connectivity index is 2.50. The van der Waals surface area contributed by atoms with Crippen LogP contribution < -0.4 is 0 Å². The molecule has 1 heterocycles. The minimum atomic E-state index is -0.893. The molecule has 1 N–H and O–H groups in total. The molecule has 98 valence electrons. The van der Waals surface area contributed by atoms with Crippen molar-refractivity contribution < 1.29 is 14.7 Å². The van der Waals surface area contributed by atoms with Gasteiger partial charge >= 0.3 is 5.97 Å². The molecule has 1 fully saturated rings. The maximum atomic E-state index is 11.9. The fourth-order valence-electron chi connectivity index (χ4n) is 2.70. The highest BCUT2D eigenvalue weighted by Gasteiger charge is 2.31. The molecule has 1 aliphatic rings. The van der Waals surface area contributed by atoms with Crippen molar-refractivity contribution in [2.24, 2.45) is 5.92 Å². The third-order valence-corrected chi connectivity index (χ3v) is 3.57. The summed E-state index contributed by atoms with van der Waals surface area (Å²) in [5, 5.41) is 8.59. The molecule has 0 aromatic heterocycles. The maximum absolute atomic E-state index is 11.9. The summed E-state index contributed by atoms with van der Waals surface area (Å²) in [6, 6.07) is 0.330. The second kappa shape index (κ2) is 6.62. The molecule has 0 bridgehead atoms. The van der Waals surface area contributed by atoms with Gasteiger partial charge in [0, 0.05) is 19.0 Å². The molecule has 0 spiro atoms. The smallest absolute Gasteiger partial charge is 0.303 e. The summed E-state index contributed by atoms with van der Waals surface area (Å²) in [6.45, 7) is 5.15. The molecule has 1 amide bonds. The van der Waals surface area contributed by atoms with Crippen molar-refractivity contribution in [1.29, 1.82) is 0 Å². The van der Waals surface area contributed by atoms with Crippen LogP contribution in [0.25, 0.3) is 0 Å². The van der Waals surface area contributed by atoms with Gasteiger partial charge in [0.1, 0.15) is 0 Å². The lowest BCUT2D eigenvalue weighted by atomic mass is 9.95. The van der Waals surface area contributed by atoms with Crippen LogP contribution in [0.1, 0.15) is 52.4 Å². The van der Waals surface area contributed by atoms with Gasteiger partial charge in [-0.3, -0.25) is 9.59 Å². The van der Waals surface area contributed by atoms with Gasteiger partial charge in [-0.25, -0.2) is 0 Å². The Morgan fingerprint density at radius 2 is 2.12 bits per heavy atom. The number of amides is 1. The van der Waals surface area contributed by atoms with Crippen LogP contribution >= 0.6 is 0 Å². The van der Waals surface area contributed by atoms with E-state index in [1.54, 1.807) is 0 Å². The molecule has 4 heteroatoms. The van der Waals surface area contributed by atoms with Crippen molar-refractivity contribution in [2.45, 2.75) is 58.4 Å². The number of hydrogen-bond donors (Lipinski definition) is 1. The fraction of sp³-hybridized carbons (Fsp3) is 0.846. The van der Waals surface area contributed by atoms with Gasteiger partial charge < -0.3 is 10.0 Å². The first-order chi connectivity index (χ1) is 8.06. The molecule has 17 heavy (non-hydrogen) atoms. The van der Waals surface area contributed by atoms with Crippen molar-refractivity contribution >= 4 is 11.9 Å². The third kappa shape index (κ3) is 4.02. The number of nitrogens with zero attached hydrogens (tertiary/aromatic N) is 1. The van der Waals surface area contributed by atoms with Gasteiger partial charge in [-0.1, -0.05) is 20.3 Å². The first kappa shape index (κ1) is 14.0. The summed E-state index contributed by atoms with van der Waals surface area (Å²) >= 11 is 0. The van der Waals surface area contributed by atoms with Gasteiger partial charge in [0.25, 0.3) is 0 Å². The lowest BCUT2D eigenvalue weighted by Gasteiger charge is -2.29.